The van der Waals surface area contributed by atoms with E-state index in [1.807, 2.05) is 0 Å². The summed E-state index contributed by atoms with van der Waals surface area (Å²) >= 11 is 0. The average Bonchev–Trinajstić information content (AvgIpc) is 2.17. The van der Waals surface area contributed by atoms with Gasteiger partial charge in [0, 0.05) is 20.8 Å². The number of esters is 1. The smallest absolute Gasteiger partial charge is 0.332 e. The predicted octanol–water partition coefficient (Wildman–Crippen LogP) is 1.38. The fourth-order valence-corrected chi connectivity index (χ4v) is 1.05. The average molecular weight is 204 g/mol. The van der Waals surface area contributed by atoms with Crippen molar-refractivity contribution in [3.05, 3.63) is 0 Å². The molecule has 0 aromatic carbocycles. The van der Waals surface area contributed by atoms with E-state index in [1.165, 1.54) is 7.11 Å². The molecule has 4 heteroatoms. The third-order valence-corrected chi connectivity index (χ3v) is 1.77. The van der Waals surface area contributed by atoms with E-state index in [0.29, 0.717) is 6.61 Å². The molecule has 0 heterocycles. The van der Waals surface area contributed by atoms with Gasteiger partial charge in [-0.2, -0.15) is 0 Å². The maximum Gasteiger partial charge on any atom is 0.332 e. The van der Waals surface area contributed by atoms with Crippen LogP contribution in [0.4, 0.5) is 0 Å². The van der Waals surface area contributed by atoms with Gasteiger partial charge in [-0.15, -0.1) is 0 Å². The molecule has 14 heavy (non-hydrogen) atoms. The maximum absolute atomic E-state index is 10.8. The van der Waals surface area contributed by atoms with Gasteiger partial charge in [0.1, 0.15) is 6.61 Å². The Hall–Kier alpha value is -0.610. The molecular formula is C10H20O4. The van der Waals surface area contributed by atoms with Crippen LogP contribution in [0.2, 0.25) is 0 Å². The summed E-state index contributed by atoms with van der Waals surface area (Å²) in [6.45, 7) is 1.35. The summed E-state index contributed by atoms with van der Waals surface area (Å²) in [7, 11) is 3.18. The molecule has 0 N–H and O–H groups in total. The van der Waals surface area contributed by atoms with Gasteiger partial charge in [-0.05, 0) is 19.3 Å². The van der Waals surface area contributed by atoms with Crippen LogP contribution in [-0.4, -0.2) is 40.0 Å². The molecule has 0 aromatic heterocycles. The molecule has 4 nitrogen and oxygen atoms in total. The number of hydrogen-bond donors (Lipinski definition) is 0. The number of hydrogen-bond acceptors (Lipinski definition) is 4. The van der Waals surface area contributed by atoms with Gasteiger partial charge in [0.15, 0.2) is 0 Å². The number of rotatable bonds is 9. The normalized spacial score (nSPS) is 10.1. The van der Waals surface area contributed by atoms with Crippen molar-refractivity contribution in [1.82, 2.24) is 0 Å². The second kappa shape index (κ2) is 10.5. The Morgan fingerprint density at radius 3 is 2.14 bits per heavy atom. The van der Waals surface area contributed by atoms with Gasteiger partial charge >= 0.3 is 5.97 Å². The quantitative estimate of drug-likeness (QED) is 0.420. The molecule has 0 saturated carbocycles. The zero-order valence-electron chi connectivity index (χ0n) is 9.08. The molecule has 0 bridgehead atoms. The van der Waals surface area contributed by atoms with Crippen LogP contribution >= 0.6 is 0 Å². The SMILES string of the molecule is COCCCCCCOC(=O)COC. The van der Waals surface area contributed by atoms with Crippen LogP contribution in [0.15, 0.2) is 0 Å². The van der Waals surface area contributed by atoms with Crippen LogP contribution in [0.3, 0.4) is 0 Å². The molecule has 0 aromatic rings. The second-order valence-electron chi connectivity index (χ2n) is 3.06. The van der Waals surface area contributed by atoms with E-state index in [2.05, 4.69) is 4.74 Å². The van der Waals surface area contributed by atoms with Crippen molar-refractivity contribution in [3.8, 4) is 0 Å². The van der Waals surface area contributed by atoms with E-state index < -0.39 is 0 Å². The highest BCUT2D eigenvalue weighted by molar-refractivity contribution is 5.70. The molecule has 0 unspecified atom stereocenters. The zero-order valence-corrected chi connectivity index (χ0v) is 9.08. The van der Waals surface area contributed by atoms with Crippen LogP contribution in [0.25, 0.3) is 0 Å². The Morgan fingerprint density at radius 1 is 0.929 bits per heavy atom. The number of carbonyl (C=O) groups is 1. The number of unbranched alkanes of at least 4 members (excludes halogenated alkanes) is 3. The molecule has 0 radical (unpaired) electrons. The Balaban J connectivity index is 3.01. The number of ether oxygens (including phenoxy) is 3. The Morgan fingerprint density at radius 2 is 1.57 bits per heavy atom. The summed E-state index contributed by atoms with van der Waals surface area (Å²) in [4.78, 5) is 10.8. The molecular weight excluding hydrogens is 184 g/mol. The highest BCUT2D eigenvalue weighted by Crippen LogP contribution is 2.00. The first-order valence-corrected chi connectivity index (χ1v) is 4.94. The minimum atomic E-state index is -0.288. The summed E-state index contributed by atoms with van der Waals surface area (Å²) in [6, 6.07) is 0. The standard InChI is InChI=1S/C10H20O4/c1-12-7-5-3-4-6-8-14-10(11)9-13-2/h3-9H2,1-2H3. The molecule has 0 aliphatic rings. The van der Waals surface area contributed by atoms with E-state index in [9.17, 15) is 4.79 Å². The van der Waals surface area contributed by atoms with Gasteiger partial charge in [0.05, 0.1) is 6.61 Å². The van der Waals surface area contributed by atoms with Crippen LogP contribution in [0.1, 0.15) is 25.7 Å². The lowest BCUT2D eigenvalue weighted by Crippen LogP contribution is -2.11. The van der Waals surface area contributed by atoms with Crippen LogP contribution in [0, 0.1) is 0 Å². The van der Waals surface area contributed by atoms with Crippen LogP contribution < -0.4 is 0 Å². The fraction of sp³-hybridized carbons (Fsp3) is 0.900. The van der Waals surface area contributed by atoms with Gasteiger partial charge in [-0.3, -0.25) is 0 Å². The fourth-order valence-electron chi connectivity index (χ4n) is 1.05. The molecule has 0 rings (SSSR count). The molecule has 0 aliphatic carbocycles. The monoisotopic (exact) mass is 204 g/mol. The van der Waals surface area contributed by atoms with Crippen molar-refractivity contribution >= 4 is 5.97 Å². The number of carbonyl (C=O) groups excluding carboxylic acids is 1. The maximum atomic E-state index is 10.8. The minimum Gasteiger partial charge on any atom is -0.464 e. The third-order valence-electron chi connectivity index (χ3n) is 1.77. The topological polar surface area (TPSA) is 44.8 Å². The summed E-state index contributed by atoms with van der Waals surface area (Å²) in [5.41, 5.74) is 0. The lowest BCUT2D eigenvalue weighted by molar-refractivity contribution is -0.148. The van der Waals surface area contributed by atoms with E-state index in [4.69, 9.17) is 9.47 Å². The van der Waals surface area contributed by atoms with Gasteiger partial charge in [-0.1, -0.05) is 6.42 Å². The van der Waals surface area contributed by atoms with Crippen molar-refractivity contribution in [2.75, 3.05) is 34.0 Å². The van der Waals surface area contributed by atoms with E-state index >= 15 is 0 Å². The molecule has 0 fully saturated rings. The largest absolute Gasteiger partial charge is 0.464 e. The summed E-state index contributed by atoms with van der Waals surface area (Å²) in [5.74, 6) is -0.288. The lowest BCUT2D eigenvalue weighted by Gasteiger charge is -2.03. The van der Waals surface area contributed by atoms with Crippen LogP contribution in [-0.2, 0) is 19.0 Å². The van der Waals surface area contributed by atoms with Crippen molar-refractivity contribution in [2.24, 2.45) is 0 Å². The molecule has 0 amide bonds. The summed E-state index contributed by atoms with van der Waals surface area (Å²) in [5, 5.41) is 0. The Kier molecular flexibility index (Phi) is 10.0. The Bertz CT molecular complexity index is 136. The molecule has 0 saturated heterocycles. The molecule has 0 spiro atoms. The van der Waals surface area contributed by atoms with E-state index in [1.54, 1.807) is 7.11 Å². The van der Waals surface area contributed by atoms with Gasteiger partial charge in [0.2, 0.25) is 0 Å². The van der Waals surface area contributed by atoms with Crippen LogP contribution in [0.5, 0.6) is 0 Å². The zero-order chi connectivity index (χ0) is 10.6. The molecule has 0 aliphatic heterocycles. The van der Waals surface area contributed by atoms with Gasteiger partial charge < -0.3 is 14.2 Å². The predicted molar refractivity (Wildman–Crippen MR) is 53.2 cm³/mol. The first-order valence-electron chi connectivity index (χ1n) is 4.94. The highest BCUT2D eigenvalue weighted by Gasteiger charge is 1.99. The second-order valence-corrected chi connectivity index (χ2v) is 3.06. The third kappa shape index (κ3) is 9.48. The van der Waals surface area contributed by atoms with Crippen molar-refractivity contribution in [1.29, 1.82) is 0 Å². The molecule has 0 atom stereocenters. The van der Waals surface area contributed by atoms with E-state index in [-0.39, 0.29) is 12.6 Å². The summed E-state index contributed by atoms with van der Waals surface area (Å²) in [6.07, 6.45) is 4.18. The van der Waals surface area contributed by atoms with Crippen molar-refractivity contribution < 1.29 is 19.0 Å². The minimum absolute atomic E-state index is 0.0453. The number of methoxy groups -OCH3 is 2. The van der Waals surface area contributed by atoms with Crippen molar-refractivity contribution in [3.63, 3.8) is 0 Å². The first-order chi connectivity index (χ1) is 6.81. The highest BCUT2D eigenvalue weighted by atomic mass is 16.6. The first kappa shape index (κ1) is 13.4. The summed E-state index contributed by atoms with van der Waals surface area (Å²) < 4.78 is 14.4. The lowest BCUT2D eigenvalue weighted by atomic mass is 10.2. The van der Waals surface area contributed by atoms with E-state index in [0.717, 1.165) is 32.3 Å². The molecule has 84 valence electrons. The van der Waals surface area contributed by atoms with Gasteiger partial charge in [0.25, 0.3) is 0 Å². The van der Waals surface area contributed by atoms with Gasteiger partial charge in [-0.25, -0.2) is 4.79 Å². The Labute approximate surface area is 85.5 Å². The van der Waals surface area contributed by atoms with Crippen molar-refractivity contribution in [2.45, 2.75) is 25.7 Å².